The lowest BCUT2D eigenvalue weighted by Gasteiger charge is -2.21. The highest BCUT2D eigenvalue weighted by Crippen LogP contribution is 2.41. The molecule has 1 saturated carbocycles. The molecule has 0 unspecified atom stereocenters. The minimum absolute atomic E-state index is 0.206. The minimum Gasteiger partial charge on any atom is -0.384 e. The van der Waals surface area contributed by atoms with Crippen molar-refractivity contribution in [3.8, 4) is 0 Å². The van der Waals surface area contributed by atoms with Gasteiger partial charge in [0.15, 0.2) is 0 Å². The Bertz CT molecular complexity index is 405. The van der Waals surface area contributed by atoms with Crippen molar-refractivity contribution in [1.29, 1.82) is 0 Å². The number of aromatic nitrogens is 2. The second-order valence-electron chi connectivity index (χ2n) is 5.46. The molecule has 0 atom stereocenters. The molecule has 0 amide bonds. The van der Waals surface area contributed by atoms with Crippen LogP contribution < -0.4 is 5.73 Å². The van der Waals surface area contributed by atoms with Gasteiger partial charge in [-0.2, -0.15) is 0 Å². The average Bonchev–Trinajstić information content (AvgIpc) is 3.07. The lowest BCUT2D eigenvalue weighted by molar-refractivity contribution is 0.0226. The van der Waals surface area contributed by atoms with E-state index in [1.165, 1.54) is 18.7 Å². The first-order valence-electron chi connectivity index (χ1n) is 6.38. The number of nitrogens with two attached hydrogens (primary N) is 1. The quantitative estimate of drug-likeness (QED) is 0.855. The summed E-state index contributed by atoms with van der Waals surface area (Å²) < 4.78 is 7.60. The first-order chi connectivity index (χ1) is 7.98. The first kappa shape index (κ1) is 12.4. The van der Waals surface area contributed by atoms with E-state index < -0.39 is 0 Å². The average molecular weight is 237 g/mol. The highest BCUT2D eigenvalue weighted by molar-refractivity contribution is 5.40. The zero-order valence-electron chi connectivity index (χ0n) is 11.3. The Balaban J connectivity index is 2.28. The van der Waals surface area contributed by atoms with Gasteiger partial charge in [0.2, 0.25) is 0 Å². The number of hydrogen-bond acceptors (Lipinski definition) is 3. The summed E-state index contributed by atoms with van der Waals surface area (Å²) in [5, 5.41) is 0. The minimum atomic E-state index is -0.206. The topological polar surface area (TPSA) is 53.1 Å². The SMILES string of the molecule is CCn1c(C2CC2)nc(CC(C)(C)OC)c1N. The molecule has 1 aromatic rings. The maximum atomic E-state index is 6.19. The molecular formula is C13H23N3O. The van der Waals surface area contributed by atoms with Gasteiger partial charge >= 0.3 is 0 Å². The number of nitrogens with zero attached hydrogens (tertiary/aromatic N) is 2. The Hall–Kier alpha value is -1.03. The molecule has 0 radical (unpaired) electrons. The molecule has 0 spiro atoms. The number of methoxy groups -OCH3 is 1. The van der Waals surface area contributed by atoms with Gasteiger partial charge in [-0.3, -0.25) is 0 Å². The Morgan fingerprint density at radius 3 is 2.59 bits per heavy atom. The van der Waals surface area contributed by atoms with Crippen LogP contribution in [0.2, 0.25) is 0 Å². The molecule has 0 aromatic carbocycles. The molecule has 1 aliphatic rings. The van der Waals surface area contributed by atoms with Crippen molar-refractivity contribution < 1.29 is 4.74 Å². The van der Waals surface area contributed by atoms with Gasteiger partial charge in [0.05, 0.1) is 11.3 Å². The van der Waals surface area contributed by atoms with Gasteiger partial charge in [0.1, 0.15) is 11.6 Å². The molecule has 1 aliphatic carbocycles. The summed E-state index contributed by atoms with van der Waals surface area (Å²) in [5.74, 6) is 2.63. The number of anilines is 1. The van der Waals surface area contributed by atoms with Crippen LogP contribution in [0, 0.1) is 0 Å². The van der Waals surface area contributed by atoms with E-state index in [-0.39, 0.29) is 5.60 Å². The van der Waals surface area contributed by atoms with Gasteiger partial charge in [0.25, 0.3) is 0 Å². The van der Waals surface area contributed by atoms with Crippen molar-refractivity contribution in [1.82, 2.24) is 9.55 Å². The standard InChI is InChI=1S/C13H23N3O/c1-5-16-11(14)10(8-13(2,3)17-4)15-12(16)9-6-7-9/h9H,5-8,14H2,1-4H3. The van der Waals surface area contributed by atoms with Crippen molar-refractivity contribution in [2.45, 2.75) is 58.1 Å². The number of imidazole rings is 1. The number of rotatable bonds is 5. The monoisotopic (exact) mass is 237 g/mol. The lowest BCUT2D eigenvalue weighted by atomic mass is 10.0. The summed E-state index contributed by atoms with van der Waals surface area (Å²) in [6, 6.07) is 0. The first-order valence-corrected chi connectivity index (χ1v) is 6.38. The molecule has 1 heterocycles. The van der Waals surface area contributed by atoms with E-state index in [0.29, 0.717) is 5.92 Å². The maximum Gasteiger partial charge on any atom is 0.126 e. The summed E-state index contributed by atoms with van der Waals surface area (Å²) in [4.78, 5) is 4.73. The van der Waals surface area contributed by atoms with Crippen molar-refractivity contribution in [3.05, 3.63) is 11.5 Å². The van der Waals surface area contributed by atoms with Crippen LogP contribution in [0.3, 0.4) is 0 Å². The van der Waals surface area contributed by atoms with Crippen LogP contribution in [0.4, 0.5) is 5.82 Å². The van der Waals surface area contributed by atoms with Gasteiger partial charge in [-0.15, -0.1) is 0 Å². The summed E-state index contributed by atoms with van der Waals surface area (Å²) in [5.41, 5.74) is 6.97. The van der Waals surface area contributed by atoms with Crippen LogP contribution in [0.5, 0.6) is 0 Å². The summed E-state index contributed by atoms with van der Waals surface area (Å²) >= 11 is 0. The number of hydrogen-bond donors (Lipinski definition) is 1. The fourth-order valence-electron chi connectivity index (χ4n) is 2.13. The molecule has 1 fully saturated rings. The normalized spacial score (nSPS) is 16.5. The van der Waals surface area contributed by atoms with E-state index in [2.05, 4.69) is 25.3 Å². The van der Waals surface area contributed by atoms with Crippen molar-refractivity contribution in [2.75, 3.05) is 12.8 Å². The largest absolute Gasteiger partial charge is 0.384 e. The molecule has 4 nitrogen and oxygen atoms in total. The number of ether oxygens (including phenoxy) is 1. The summed E-state index contributed by atoms with van der Waals surface area (Å²) in [6.07, 6.45) is 3.27. The highest BCUT2D eigenvalue weighted by Gasteiger charge is 2.31. The van der Waals surface area contributed by atoms with Gasteiger partial charge in [0, 0.05) is 26.0 Å². The Labute approximate surface area is 103 Å². The molecule has 0 bridgehead atoms. The molecule has 1 aromatic heterocycles. The molecule has 0 saturated heterocycles. The van der Waals surface area contributed by atoms with Crippen LogP contribution >= 0.6 is 0 Å². The van der Waals surface area contributed by atoms with Gasteiger partial charge in [-0.25, -0.2) is 4.98 Å². The maximum absolute atomic E-state index is 6.19. The predicted molar refractivity (Wildman–Crippen MR) is 69.1 cm³/mol. The Kier molecular flexibility index (Phi) is 3.17. The van der Waals surface area contributed by atoms with Crippen LogP contribution in [-0.2, 0) is 17.7 Å². The molecule has 2 N–H and O–H groups in total. The third kappa shape index (κ3) is 2.46. The van der Waals surface area contributed by atoms with E-state index in [0.717, 1.165) is 24.5 Å². The summed E-state index contributed by atoms with van der Waals surface area (Å²) in [7, 11) is 1.73. The summed E-state index contributed by atoms with van der Waals surface area (Å²) in [6.45, 7) is 7.15. The van der Waals surface area contributed by atoms with E-state index in [1.54, 1.807) is 7.11 Å². The number of nitrogen functional groups attached to an aromatic ring is 1. The van der Waals surface area contributed by atoms with Crippen LogP contribution in [0.1, 0.15) is 51.0 Å². The fraction of sp³-hybridized carbons (Fsp3) is 0.769. The Morgan fingerprint density at radius 2 is 2.12 bits per heavy atom. The molecular weight excluding hydrogens is 214 g/mol. The van der Waals surface area contributed by atoms with Crippen LogP contribution in [0.25, 0.3) is 0 Å². The second-order valence-corrected chi connectivity index (χ2v) is 5.46. The molecule has 4 heteroatoms. The zero-order chi connectivity index (χ0) is 12.6. The Morgan fingerprint density at radius 1 is 1.47 bits per heavy atom. The van der Waals surface area contributed by atoms with Crippen LogP contribution in [0.15, 0.2) is 0 Å². The molecule has 96 valence electrons. The molecule has 17 heavy (non-hydrogen) atoms. The zero-order valence-corrected chi connectivity index (χ0v) is 11.3. The molecule has 0 aliphatic heterocycles. The van der Waals surface area contributed by atoms with E-state index in [1.807, 2.05) is 0 Å². The third-order valence-corrected chi connectivity index (χ3v) is 3.52. The second kappa shape index (κ2) is 4.33. The van der Waals surface area contributed by atoms with E-state index in [4.69, 9.17) is 15.5 Å². The van der Waals surface area contributed by atoms with Crippen molar-refractivity contribution in [2.24, 2.45) is 0 Å². The highest BCUT2D eigenvalue weighted by atomic mass is 16.5. The van der Waals surface area contributed by atoms with Crippen molar-refractivity contribution >= 4 is 5.82 Å². The van der Waals surface area contributed by atoms with Crippen LogP contribution in [-0.4, -0.2) is 22.3 Å². The predicted octanol–water partition coefficient (Wildman–Crippen LogP) is 2.33. The fourth-order valence-corrected chi connectivity index (χ4v) is 2.13. The smallest absolute Gasteiger partial charge is 0.126 e. The molecule has 2 rings (SSSR count). The van der Waals surface area contributed by atoms with E-state index in [9.17, 15) is 0 Å². The van der Waals surface area contributed by atoms with Gasteiger partial charge in [-0.1, -0.05) is 0 Å². The third-order valence-electron chi connectivity index (χ3n) is 3.52. The van der Waals surface area contributed by atoms with Gasteiger partial charge < -0.3 is 15.0 Å². The lowest BCUT2D eigenvalue weighted by Crippen LogP contribution is -2.26. The van der Waals surface area contributed by atoms with E-state index >= 15 is 0 Å². The van der Waals surface area contributed by atoms with Crippen molar-refractivity contribution in [3.63, 3.8) is 0 Å². The van der Waals surface area contributed by atoms with Gasteiger partial charge in [-0.05, 0) is 33.6 Å².